The largest absolute Gasteiger partial charge is 0.472 e. The van der Waals surface area contributed by atoms with Crippen LogP contribution in [0.3, 0.4) is 0 Å². The first-order valence-electron chi connectivity index (χ1n) is 24.4. The summed E-state index contributed by atoms with van der Waals surface area (Å²) in [5.74, 6) is -0.859. The van der Waals surface area contributed by atoms with Crippen LogP contribution in [0, 0.1) is 0 Å². The molecule has 60 heavy (non-hydrogen) atoms. The molecule has 0 aromatic carbocycles. The molecule has 0 aromatic rings. The van der Waals surface area contributed by atoms with Crippen molar-refractivity contribution < 1.29 is 42.1 Å². The second kappa shape index (κ2) is 42.3. The Morgan fingerprint density at radius 2 is 0.917 bits per heavy atom. The highest BCUT2D eigenvalue weighted by molar-refractivity contribution is 7.47. The molecule has 0 spiro atoms. The summed E-state index contributed by atoms with van der Waals surface area (Å²) in [6, 6.07) is 0. The van der Waals surface area contributed by atoms with Crippen LogP contribution in [-0.2, 0) is 32.7 Å². The van der Waals surface area contributed by atoms with Gasteiger partial charge in [0, 0.05) is 12.8 Å². The van der Waals surface area contributed by atoms with E-state index in [0.717, 1.165) is 44.9 Å². The van der Waals surface area contributed by atoms with Crippen LogP contribution in [0.1, 0.15) is 206 Å². The Kier molecular flexibility index (Phi) is 40.8. The number of carbonyl (C=O) groups is 2. The summed E-state index contributed by atoms with van der Waals surface area (Å²) in [6.07, 6.45) is 50.2. The minimum atomic E-state index is -4.39. The van der Waals surface area contributed by atoms with E-state index in [1.165, 1.54) is 122 Å². The van der Waals surface area contributed by atoms with E-state index in [-0.39, 0.29) is 26.1 Å². The normalized spacial score (nSPS) is 13.9. The van der Waals surface area contributed by atoms with Crippen LogP contribution in [0.2, 0.25) is 0 Å². The Morgan fingerprint density at radius 3 is 1.40 bits per heavy atom. The second-order valence-corrected chi connectivity index (χ2v) is 18.9. The van der Waals surface area contributed by atoms with Crippen molar-refractivity contribution in [1.82, 2.24) is 0 Å². The molecule has 0 saturated heterocycles. The summed E-state index contributed by atoms with van der Waals surface area (Å²) in [5.41, 5.74) is 0. The van der Waals surface area contributed by atoms with Gasteiger partial charge in [-0.1, -0.05) is 172 Å². The fourth-order valence-electron chi connectivity index (χ4n) is 6.50. The SMILES string of the molecule is CCCCCCCC/C=C\C/C=C\C/C=C\CCCC(=O)OC[C@H](COP(=O)(O)OCC[N+](C)(C)C)OC(=O)CCCCCCCCCCC/C=C\CCCCCCCC. The molecule has 0 aliphatic heterocycles. The summed E-state index contributed by atoms with van der Waals surface area (Å²) < 4.78 is 34.3. The molecule has 0 heterocycles. The lowest BCUT2D eigenvalue weighted by atomic mass is 10.1. The number of carbonyl (C=O) groups excluding carboxylic acids is 2. The molecule has 9 nitrogen and oxygen atoms in total. The molecule has 2 atom stereocenters. The molecule has 0 bridgehead atoms. The first kappa shape index (κ1) is 58.0. The Labute approximate surface area is 369 Å². The van der Waals surface area contributed by atoms with E-state index in [0.29, 0.717) is 23.9 Å². The summed E-state index contributed by atoms with van der Waals surface area (Å²) in [7, 11) is 1.45. The molecular formula is C50H93NO8P+. The maximum Gasteiger partial charge on any atom is 0.472 e. The Hall–Kier alpha value is -2.03. The van der Waals surface area contributed by atoms with E-state index in [4.69, 9.17) is 18.5 Å². The molecule has 10 heteroatoms. The van der Waals surface area contributed by atoms with Gasteiger partial charge < -0.3 is 18.9 Å². The minimum absolute atomic E-state index is 0.0230. The number of hydrogen-bond donors (Lipinski definition) is 1. The van der Waals surface area contributed by atoms with Crippen LogP contribution >= 0.6 is 7.82 Å². The van der Waals surface area contributed by atoms with Gasteiger partial charge in [-0.05, 0) is 70.6 Å². The quantitative estimate of drug-likeness (QED) is 0.0212. The number of likely N-dealkylation sites (N-methyl/N-ethyl adjacent to an activating group) is 1. The minimum Gasteiger partial charge on any atom is -0.462 e. The lowest BCUT2D eigenvalue weighted by Gasteiger charge is -2.24. The van der Waals surface area contributed by atoms with Gasteiger partial charge in [-0.3, -0.25) is 18.6 Å². The van der Waals surface area contributed by atoms with Gasteiger partial charge in [-0.15, -0.1) is 0 Å². The van der Waals surface area contributed by atoms with Crippen molar-refractivity contribution in [3.63, 3.8) is 0 Å². The van der Waals surface area contributed by atoms with Gasteiger partial charge >= 0.3 is 19.8 Å². The fraction of sp³-hybridized carbons (Fsp3) is 0.800. The zero-order chi connectivity index (χ0) is 44.3. The number of hydrogen-bond acceptors (Lipinski definition) is 7. The first-order chi connectivity index (χ1) is 29.0. The molecule has 0 rings (SSSR count). The first-order valence-corrected chi connectivity index (χ1v) is 25.9. The summed E-state index contributed by atoms with van der Waals surface area (Å²) in [5, 5.41) is 0. The predicted octanol–water partition coefficient (Wildman–Crippen LogP) is 14.2. The van der Waals surface area contributed by atoms with Gasteiger partial charge in [-0.2, -0.15) is 0 Å². The number of allylic oxidation sites excluding steroid dienone is 8. The molecular weight excluding hydrogens is 774 g/mol. The van der Waals surface area contributed by atoms with Crippen LogP contribution in [0.5, 0.6) is 0 Å². The highest BCUT2D eigenvalue weighted by Gasteiger charge is 2.27. The number of nitrogens with zero attached hydrogens (tertiary/aromatic N) is 1. The van der Waals surface area contributed by atoms with E-state index < -0.39 is 32.5 Å². The third kappa shape index (κ3) is 45.5. The van der Waals surface area contributed by atoms with E-state index in [1.54, 1.807) is 0 Å². The van der Waals surface area contributed by atoms with Crippen molar-refractivity contribution in [2.75, 3.05) is 47.5 Å². The van der Waals surface area contributed by atoms with Gasteiger partial charge in [-0.25, -0.2) is 4.57 Å². The van der Waals surface area contributed by atoms with Gasteiger partial charge in [0.2, 0.25) is 0 Å². The lowest BCUT2D eigenvalue weighted by molar-refractivity contribution is -0.870. The van der Waals surface area contributed by atoms with Gasteiger partial charge in [0.1, 0.15) is 19.8 Å². The van der Waals surface area contributed by atoms with Crippen molar-refractivity contribution in [3.8, 4) is 0 Å². The maximum absolute atomic E-state index is 12.7. The number of quaternary nitrogens is 1. The van der Waals surface area contributed by atoms with Crippen LogP contribution in [0.25, 0.3) is 0 Å². The smallest absolute Gasteiger partial charge is 0.462 e. The van der Waals surface area contributed by atoms with Crippen LogP contribution in [0.15, 0.2) is 48.6 Å². The van der Waals surface area contributed by atoms with Crippen molar-refractivity contribution in [3.05, 3.63) is 48.6 Å². The average Bonchev–Trinajstić information content (AvgIpc) is 3.20. The van der Waals surface area contributed by atoms with E-state index >= 15 is 0 Å². The van der Waals surface area contributed by atoms with Gasteiger partial charge in [0.15, 0.2) is 6.10 Å². The molecule has 0 saturated carbocycles. The standard InChI is InChI=1S/C50H92NO8P/c1-6-8-10-12-14-16-18-20-22-24-25-27-29-31-33-35-37-39-41-43-50(53)59-48(47-58-60(54,55)57-45-44-51(3,4)5)46-56-49(52)42-40-38-36-34-32-30-28-26-23-21-19-17-15-13-11-9-7-2/h20-23,28,30,34,36,48H,6-19,24-27,29,31-33,35,37-47H2,1-5H3/p+1/b22-20-,23-21-,30-28-,36-34-/t48-/m1/s1. The summed E-state index contributed by atoms with van der Waals surface area (Å²) in [6.45, 7) is 4.36. The maximum atomic E-state index is 12.7. The van der Waals surface area contributed by atoms with Crippen molar-refractivity contribution in [2.24, 2.45) is 0 Å². The van der Waals surface area contributed by atoms with Crippen molar-refractivity contribution in [2.45, 2.75) is 213 Å². The van der Waals surface area contributed by atoms with E-state index in [1.807, 2.05) is 21.1 Å². The molecule has 0 aliphatic rings. The Balaban J connectivity index is 4.37. The fourth-order valence-corrected chi connectivity index (χ4v) is 7.24. The Bertz CT molecular complexity index is 1160. The molecule has 0 fully saturated rings. The lowest BCUT2D eigenvalue weighted by Crippen LogP contribution is -2.37. The topological polar surface area (TPSA) is 108 Å². The monoisotopic (exact) mass is 867 g/mol. The molecule has 350 valence electrons. The molecule has 0 amide bonds. The molecule has 1 unspecified atom stereocenters. The van der Waals surface area contributed by atoms with Crippen LogP contribution in [0.4, 0.5) is 0 Å². The van der Waals surface area contributed by atoms with Gasteiger partial charge in [0.25, 0.3) is 0 Å². The number of rotatable bonds is 44. The molecule has 1 N–H and O–H groups in total. The molecule has 0 aromatic heterocycles. The molecule has 0 radical (unpaired) electrons. The van der Waals surface area contributed by atoms with Crippen LogP contribution in [-0.4, -0.2) is 74.9 Å². The summed E-state index contributed by atoms with van der Waals surface area (Å²) in [4.78, 5) is 35.4. The van der Waals surface area contributed by atoms with Crippen LogP contribution < -0.4 is 0 Å². The number of phosphoric ester groups is 1. The average molecular weight is 867 g/mol. The zero-order valence-electron chi connectivity index (χ0n) is 39.4. The molecule has 0 aliphatic carbocycles. The number of esters is 2. The van der Waals surface area contributed by atoms with Crippen molar-refractivity contribution in [1.29, 1.82) is 0 Å². The second-order valence-electron chi connectivity index (χ2n) is 17.5. The highest BCUT2D eigenvalue weighted by Crippen LogP contribution is 2.43. The van der Waals surface area contributed by atoms with E-state index in [2.05, 4.69) is 62.5 Å². The van der Waals surface area contributed by atoms with Gasteiger partial charge in [0.05, 0.1) is 27.7 Å². The number of ether oxygens (including phenoxy) is 2. The number of phosphoric acid groups is 1. The Morgan fingerprint density at radius 1 is 0.517 bits per heavy atom. The van der Waals surface area contributed by atoms with Crippen molar-refractivity contribution >= 4 is 19.8 Å². The zero-order valence-corrected chi connectivity index (χ0v) is 40.3. The summed E-state index contributed by atoms with van der Waals surface area (Å²) >= 11 is 0. The third-order valence-electron chi connectivity index (χ3n) is 10.3. The van der Waals surface area contributed by atoms with E-state index in [9.17, 15) is 19.0 Å². The third-order valence-corrected chi connectivity index (χ3v) is 11.3. The predicted molar refractivity (Wildman–Crippen MR) is 252 cm³/mol. The highest BCUT2D eigenvalue weighted by atomic mass is 31.2. The number of unbranched alkanes of at least 4 members (excludes halogenated alkanes) is 22.